The predicted molar refractivity (Wildman–Crippen MR) is 87.4 cm³/mol. The summed E-state index contributed by atoms with van der Waals surface area (Å²) >= 11 is 0. The topological polar surface area (TPSA) is 69.4 Å². The average molecular weight is 330 g/mol. The molecule has 0 N–H and O–H groups in total. The quantitative estimate of drug-likeness (QED) is 0.798. The molecule has 24 heavy (non-hydrogen) atoms. The molecular weight excluding hydrogens is 308 g/mol. The first-order valence-corrected chi connectivity index (χ1v) is 8.17. The van der Waals surface area contributed by atoms with Gasteiger partial charge >= 0.3 is 5.97 Å². The summed E-state index contributed by atoms with van der Waals surface area (Å²) in [5.41, 5.74) is 2.23. The van der Waals surface area contributed by atoms with Gasteiger partial charge in [0.05, 0.1) is 30.9 Å². The van der Waals surface area contributed by atoms with Gasteiger partial charge < -0.3 is 18.8 Å². The van der Waals surface area contributed by atoms with Crippen molar-refractivity contribution in [1.82, 2.24) is 19.0 Å². The molecule has 0 fully saturated rings. The van der Waals surface area contributed by atoms with Crippen LogP contribution in [0, 0.1) is 0 Å². The summed E-state index contributed by atoms with van der Waals surface area (Å²) in [5, 5.41) is 0. The molecule has 1 unspecified atom stereocenters. The minimum absolute atomic E-state index is 0.103. The van der Waals surface area contributed by atoms with Gasteiger partial charge in [-0.15, -0.1) is 0 Å². The number of amides is 1. The van der Waals surface area contributed by atoms with E-state index in [-0.39, 0.29) is 11.9 Å². The number of hydrogen-bond acceptors (Lipinski definition) is 4. The van der Waals surface area contributed by atoms with E-state index in [0.29, 0.717) is 25.4 Å². The molecule has 0 saturated heterocycles. The molecule has 128 valence electrons. The molecular formula is C17H22N4O3. The van der Waals surface area contributed by atoms with Crippen LogP contribution in [0.3, 0.4) is 0 Å². The highest BCUT2D eigenvalue weighted by Crippen LogP contribution is 2.30. The molecule has 2 aromatic rings. The molecule has 7 heteroatoms. The molecule has 3 heterocycles. The maximum absolute atomic E-state index is 12.8. The molecule has 0 aromatic carbocycles. The summed E-state index contributed by atoms with van der Waals surface area (Å²) in [6.45, 7) is 5.54. The van der Waals surface area contributed by atoms with Gasteiger partial charge in [-0.1, -0.05) is 0 Å². The third kappa shape index (κ3) is 2.70. The average Bonchev–Trinajstić information content (AvgIpc) is 3.19. The van der Waals surface area contributed by atoms with Crippen LogP contribution in [0.1, 0.15) is 41.6 Å². The summed E-state index contributed by atoms with van der Waals surface area (Å²) in [6.07, 6.45) is 3.56. The first-order valence-electron chi connectivity index (χ1n) is 8.17. The zero-order valence-electron chi connectivity index (χ0n) is 14.2. The zero-order valence-corrected chi connectivity index (χ0v) is 14.2. The third-order valence-corrected chi connectivity index (χ3v) is 4.39. The number of imidazole rings is 1. The van der Waals surface area contributed by atoms with Crippen molar-refractivity contribution in [2.75, 3.05) is 13.2 Å². The third-order valence-electron chi connectivity index (χ3n) is 4.39. The highest BCUT2D eigenvalue weighted by atomic mass is 16.5. The lowest BCUT2D eigenvalue weighted by Crippen LogP contribution is -2.42. The lowest BCUT2D eigenvalue weighted by molar-refractivity contribution is -0.145. The fraction of sp³-hybridized carbons (Fsp3) is 0.471. The standard InChI is InChI=1S/C17H22N4O3/c1-4-20-11-18-13-10-21(16(22)14-7-6-8-19(14)3)9-12(15(13)20)17(23)24-5-2/h6-8,11-12H,4-5,9-10H2,1-3H3. The number of rotatable bonds is 4. The Balaban J connectivity index is 1.94. The van der Waals surface area contributed by atoms with Crippen LogP contribution in [0.4, 0.5) is 0 Å². The number of carbonyl (C=O) groups excluding carboxylic acids is 2. The number of fused-ring (bicyclic) bond motifs is 1. The first-order chi connectivity index (χ1) is 11.6. The van der Waals surface area contributed by atoms with Gasteiger partial charge in [0.25, 0.3) is 5.91 Å². The van der Waals surface area contributed by atoms with Crippen molar-refractivity contribution in [2.45, 2.75) is 32.9 Å². The number of esters is 1. The van der Waals surface area contributed by atoms with E-state index in [1.807, 2.05) is 30.8 Å². The SMILES string of the molecule is CCOC(=O)C1CN(C(=O)c2cccn2C)Cc2ncn(CC)c21. The number of ether oxygens (including phenoxy) is 1. The molecule has 3 rings (SSSR count). The van der Waals surface area contributed by atoms with Crippen molar-refractivity contribution < 1.29 is 14.3 Å². The number of aromatic nitrogens is 3. The second-order valence-corrected chi connectivity index (χ2v) is 5.86. The second kappa shape index (κ2) is 6.51. The van der Waals surface area contributed by atoms with Crippen molar-refractivity contribution in [3.05, 3.63) is 41.7 Å². The maximum atomic E-state index is 12.8. The van der Waals surface area contributed by atoms with Gasteiger partial charge in [0.1, 0.15) is 11.6 Å². The summed E-state index contributed by atoms with van der Waals surface area (Å²) in [5.74, 6) is -0.910. The smallest absolute Gasteiger partial charge is 0.316 e. The van der Waals surface area contributed by atoms with E-state index in [9.17, 15) is 9.59 Å². The van der Waals surface area contributed by atoms with Gasteiger partial charge in [0.15, 0.2) is 0 Å². The lowest BCUT2D eigenvalue weighted by Gasteiger charge is -2.32. The molecule has 1 atom stereocenters. The van der Waals surface area contributed by atoms with Crippen LogP contribution in [-0.4, -0.2) is 44.0 Å². The minimum Gasteiger partial charge on any atom is -0.465 e. The van der Waals surface area contributed by atoms with Crippen LogP contribution in [0.25, 0.3) is 0 Å². The molecule has 0 saturated carbocycles. The van der Waals surface area contributed by atoms with Crippen molar-refractivity contribution in [3.8, 4) is 0 Å². The molecule has 1 aliphatic rings. The number of nitrogens with zero attached hydrogens (tertiary/aromatic N) is 4. The Kier molecular flexibility index (Phi) is 4.42. The van der Waals surface area contributed by atoms with Gasteiger partial charge in [-0.2, -0.15) is 0 Å². The summed E-state index contributed by atoms with van der Waals surface area (Å²) in [4.78, 5) is 31.3. The normalized spacial score (nSPS) is 16.8. The fourth-order valence-corrected chi connectivity index (χ4v) is 3.19. The van der Waals surface area contributed by atoms with Crippen LogP contribution < -0.4 is 0 Å². The van der Waals surface area contributed by atoms with Crippen molar-refractivity contribution in [2.24, 2.45) is 7.05 Å². The van der Waals surface area contributed by atoms with Gasteiger partial charge in [0, 0.05) is 26.3 Å². The summed E-state index contributed by atoms with van der Waals surface area (Å²) < 4.78 is 8.97. The van der Waals surface area contributed by atoms with Crippen LogP contribution in [-0.2, 0) is 29.7 Å². The molecule has 0 aliphatic carbocycles. The second-order valence-electron chi connectivity index (χ2n) is 5.86. The molecule has 1 amide bonds. The molecule has 0 spiro atoms. The highest BCUT2D eigenvalue weighted by molar-refractivity contribution is 5.93. The Morgan fingerprint density at radius 3 is 2.79 bits per heavy atom. The zero-order chi connectivity index (χ0) is 17.3. The van der Waals surface area contributed by atoms with E-state index < -0.39 is 5.92 Å². The van der Waals surface area contributed by atoms with E-state index in [2.05, 4.69) is 4.98 Å². The summed E-state index contributed by atoms with van der Waals surface area (Å²) in [6, 6.07) is 3.61. The van der Waals surface area contributed by atoms with Crippen LogP contribution >= 0.6 is 0 Å². The first kappa shape index (κ1) is 16.3. The van der Waals surface area contributed by atoms with Gasteiger partial charge in [-0.25, -0.2) is 4.98 Å². The van der Waals surface area contributed by atoms with Crippen LogP contribution in [0.5, 0.6) is 0 Å². The largest absolute Gasteiger partial charge is 0.465 e. The van der Waals surface area contributed by atoms with E-state index in [4.69, 9.17) is 4.74 Å². The lowest BCUT2D eigenvalue weighted by atomic mass is 9.97. The van der Waals surface area contributed by atoms with Crippen LogP contribution in [0.2, 0.25) is 0 Å². The van der Waals surface area contributed by atoms with Gasteiger partial charge in [-0.05, 0) is 26.0 Å². The number of aryl methyl sites for hydroxylation is 2. The molecule has 7 nitrogen and oxygen atoms in total. The molecule has 0 radical (unpaired) electrons. The Morgan fingerprint density at radius 2 is 2.17 bits per heavy atom. The van der Waals surface area contributed by atoms with E-state index >= 15 is 0 Å². The minimum atomic E-state index is -0.500. The number of hydrogen-bond donors (Lipinski definition) is 0. The molecule has 2 aromatic heterocycles. The Bertz CT molecular complexity index is 762. The monoisotopic (exact) mass is 330 g/mol. The van der Waals surface area contributed by atoms with Crippen molar-refractivity contribution in [3.63, 3.8) is 0 Å². The van der Waals surface area contributed by atoms with Gasteiger partial charge in [0.2, 0.25) is 0 Å². The van der Waals surface area contributed by atoms with Crippen molar-refractivity contribution in [1.29, 1.82) is 0 Å². The van der Waals surface area contributed by atoms with Crippen molar-refractivity contribution >= 4 is 11.9 Å². The fourth-order valence-electron chi connectivity index (χ4n) is 3.19. The number of carbonyl (C=O) groups is 2. The Hall–Kier alpha value is -2.57. The Morgan fingerprint density at radius 1 is 1.38 bits per heavy atom. The molecule has 0 bridgehead atoms. The molecule has 1 aliphatic heterocycles. The predicted octanol–water partition coefficient (Wildman–Crippen LogP) is 1.54. The van der Waals surface area contributed by atoms with Crippen LogP contribution in [0.15, 0.2) is 24.7 Å². The van der Waals surface area contributed by atoms with Gasteiger partial charge in [-0.3, -0.25) is 9.59 Å². The Labute approximate surface area is 140 Å². The summed E-state index contributed by atoms with van der Waals surface area (Å²) in [7, 11) is 1.83. The van der Waals surface area contributed by atoms with E-state index in [0.717, 1.165) is 17.9 Å². The highest BCUT2D eigenvalue weighted by Gasteiger charge is 2.37. The van der Waals surface area contributed by atoms with E-state index in [1.165, 1.54) is 0 Å². The maximum Gasteiger partial charge on any atom is 0.316 e. The van der Waals surface area contributed by atoms with E-state index in [1.54, 1.807) is 28.8 Å².